The van der Waals surface area contributed by atoms with Gasteiger partial charge in [0, 0.05) is 27.7 Å². The minimum Gasteiger partial charge on any atom is -0.399 e. The highest BCUT2D eigenvalue weighted by molar-refractivity contribution is 7.11. The highest BCUT2D eigenvalue weighted by Crippen LogP contribution is 2.25. The highest BCUT2D eigenvalue weighted by atomic mass is 32.1. The highest BCUT2D eigenvalue weighted by Gasteiger charge is 2.07. The van der Waals surface area contributed by atoms with Crippen molar-refractivity contribution in [3.8, 4) is 11.3 Å². The first-order valence-corrected chi connectivity index (χ1v) is 7.68. The van der Waals surface area contributed by atoms with Crippen molar-refractivity contribution < 1.29 is 0 Å². The van der Waals surface area contributed by atoms with Gasteiger partial charge < -0.3 is 5.73 Å². The molecule has 0 radical (unpaired) electrons. The fourth-order valence-corrected chi connectivity index (χ4v) is 3.51. The molecule has 0 amide bonds. The Morgan fingerprint density at radius 1 is 1.11 bits per heavy atom. The summed E-state index contributed by atoms with van der Waals surface area (Å²) in [6.07, 6.45) is 0.811. The molecule has 0 aliphatic heterocycles. The second-order valence-electron chi connectivity index (χ2n) is 4.31. The van der Waals surface area contributed by atoms with Crippen LogP contribution in [0.5, 0.6) is 0 Å². The largest absolute Gasteiger partial charge is 0.399 e. The van der Waals surface area contributed by atoms with Gasteiger partial charge >= 0.3 is 0 Å². The third-order valence-corrected chi connectivity index (χ3v) is 4.52. The van der Waals surface area contributed by atoms with Crippen LogP contribution in [-0.2, 0) is 6.42 Å². The molecule has 3 nitrogen and oxygen atoms in total. The third-order valence-electron chi connectivity index (χ3n) is 2.70. The predicted molar refractivity (Wildman–Crippen MR) is 81.6 cm³/mol. The number of nitrogen functional groups attached to an aromatic ring is 1. The quantitative estimate of drug-likeness (QED) is 0.746. The molecule has 2 aromatic heterocycles. The molecule has 0 saturated carbocycles. The second kappa shape index (κ2) is 5.11. The zero-order valence-electron chi connectivity index (χ0n) is 10.5. The Balaban J connectivity index is 1.83. The van der Waals surface area contributed by atoms with E-state index in [1.54, 1.807) is 22.7 Å². The van der Waals surface area contributed by atoms with Crippen molar-refractivity contribution >= 4 is 28.4 Å². The summed E-state index contributed by atoms with van der Waals surface area (Å²) in [5.41, 5.74) is 9.69. The molecule has 0 unspecified atom stereocenters. The van der Waals surface area contributed by atoms with Gasteiger partial charge in [0.2, 0.25) is 0 Å². The van der Waals surface area contributed by atoms with E-state index < -0.39 is 0 Å². The molecule has 0 aliphatic rings. The lowest BCUT2D eigenvalue weighted by Gasteiger charge is -1.97. The summed E-state index contributed by atoms with van der Waals surface area (Å²) >= 11 is 3.36. The molecule has 5 heteroatoms. The van der Waals surface area contributed by atoms with Crippen LogP contribution in [0.25, 0.3) is 11.3 Å². The van der Waals surface area contributed by atoms with E-state index in [1.165, 1.54) is 0 Å². The van der Waals surface area contributed by atoms with Gasteiger partial charge in [-0.2, -0.15) is 0 Å². The van der Waals surface area contributed by atoms with E-state index >= 15 is 0 Å². The fraction of sp³-hybridized carbons (Fsp3) is 0.143. The van der Waals surface area contributed by atoms with E-state index in [9.17, 15) is 0 Å². The lowest BCUT2D eigenvalue weighted by molar-refractivity contribution is 1.08. The van der Waals surface area contributed by atoms with Crippen LogP contribution in [0.15, 0.2) is 35.0 Å². The van der Waals surface area contributed by atoms with Crippen LogP contribution in [0.2, 0.25) is 0 Å². The molecule has 0 saturated heterocycles. The number of nitrogens with two attached hydrogens (primary N) is 1. The van der Waals surface area contributed by atoms with E-state index in [4.69, 9.17) is 5.73 Å². The van der Waals surface area contributed by atoms with Crippen LogP contribution in [0.4, 0.5) is 5.69 Å². The van der Waals surface area contributed by atoms with E-state index in [0.29, 0.717) is 0 Å². The third kappa shape index (κ3) is 2.83. The average molecular weight is 287 g/mol. The van der Waals surface area contributed by atoms with Gasteiger partial charge in [-0.15, -0.1) is 22.7 Å². The van der Waals surface area contributed by atoms with E-state index in [2.05, 4.69) is 20.7 Å². The molecule has 0 bridgehead atoms. The molecule has 2 heterocycles. The van der Waals surface area contributed by atoms with E-state index in [-0.39, 0.29) is 0 Å². The summed E-state index contributed by atoms with van der Waals surface area (Å²) < 4.78 is 0. The van der Waals surface area contributed by atoms with Crippen molar-refractivity contribution in [1.82, 2.24) is 9.97 Å². The summed E-state index contributed by atoms with van der Waals surface area (Å²) in [6, 6.07) is 7.82. The standard InChI is InChI=1S/C14H13N3S2/c1-9-7-18-13(16-9)6-14-17-12(8-19-14)10-3-2-4-11(15)5-10/h2-5,7-8H,6,15H2,1H3. The van der Waals surface area contributed by atoms with Gasteiger partial charge in [0.05, 0.1) is 17.1 Å². The Hall–Kier alpha value is -1.72. The SMILES string of the molecule is Cc1csc(Cc2nc(-c3cccc(N)c3)cs2)n1. The van der Waals surface area contributed by atoms with Crippen molar-refractivity contribution in [3.05, 3.63) is 50.7 Å². The molecule has 96 valence electrons. The predicted octanol–water partition coefficient (Wildman–Crippen LogP) is 3.75. The molecule has 1 aromatic carbocycles. The first-order valence-electron chi connectivity index (χ1n) is 5.92. The lowest BCUT2D eigenvalue weighted by Crippen LogP contribution is -1.88. The van der Waals surface area contributed by atoms with Crippen molar-refractivity contribution in [2.24, 2.45) is 0 Å². The van der Waals surface area contributed by atoms with Gasteiger partial charge in [0.25, 0.3) is 0 Å². The summed E-state index contributed by atoms with van der Waals surface area (Å²) in [7, 11) is 0. The summed E-state index contributed by atoms with van der Waals surface area (Å²) in [4.78, 5) is 9.12. The Kier molecular flexibility index (Phi) is 3.31. The zero-order valence-corrected chi connectivity index (χ0v) is 12.1. The Morgan fingerprint density at radius 3 is 2.63 bits per heavy atom. The summed E-state index contributed by atoms with van der Waals surface area (Å²) in [6.45, 7) is 2.01. The van der Waals surface area contributed by atoms with Crippen LogP contribution in [-0.4, -0.2) is 9.97 Å². The van der Waals surface area contributed by atoms with Crippen LogP contribution < -0.4 is 5.73 Å². The number of rotatable bonds is 3. The van der Waals surface area contributed by atoms with Gasteiger partial charge in [-0.05, 0) is 19.1 Å². The molecule has 0 fully saturated rings. The molecule has 3 aromatic rings. The van der Waals surface area contributed by atoms with Crippen LogP contribution in [0, 0.1) is 6.92 Å². The minimum absolute atomic E-state index is 0.766. The van der Waals surface area contributed by atoms with Crippen LogP contribution in [0.1, 0.15) is 15.7 Å². The second-order valence-corrected chi connectivity index (χ2v) is 6.20. The van der Waals surface area contributed by atoms with Gasteiger partial charge in [-0.25, -0.2) is 9.97 Å². The smallest absolute Gasteiger partial charge is 0.100 e. The number of nitrogens with zero attached hydrogens (tertiary/aromatic N) is 2. The molecule has 0 atom stereocenters. The molecular formula is C14H13N3S2. The van der Waals surface area contributed by atoms with E-state index in [0.717, 1.165) is 39.1 Å². The normalized spacial score (nSPS) is 10.8. The molecule has 0 spiro atoms. The van der Waals surface area contributed by atoms with Gasteiger partial charge in [-0.3, -0.25) is 0 Å². The van der Waals surface area contributed by atoms with Crippen molar-refractivity contribution in [3.63, 3.8) is 0 Å². The van der Waals surface area contributed by atoms with Crippen molar-refractivity contribution in [2.45, 2.75) is 13.3 Å². The number of thiazole rings is 2. The maximum Gasteiger partial charge on any atom is 0.100 e. The van der Waals surface area contributed by atoms with Crippen molar-refractivity contribution in [1.29, 1.82) is 0 Å². The van der Waals surface area contributed by atoms with E-state index in [1.807, 2.05) is 31.2 Å². The molecule has 0 aliphatic carbocycles. The van der Waals surface area contributed by atoms with Gasteiger partial charge in [-0.1, -0.05) is 12.1 Å². The fourth-order valence-electron chi connectivity index (χ4n) is 1.84. The monoisotopic (exact) mass is 287 g/mol. The number of hydrogen-bond acceptors (Lipinski definition) is 5. The number of hydrogen-bond donors (Lipinski definition) is 1. The Bertz CT molecular complexity index is 700. The maximum atomic E-state index is 5.80. The minimum atomic E-state index is 0.766. The Morgan fingerprint density at radius 2 is 1.89 bits per heavy atom. The lowest BCUT2D eigenvalue weighted by atomic mass is 10.1. The van der Waals surface area contributed by atoms with Gasteiger partial charge in [0.15, 0.2) is 0 Å². The maximum absolute atomic E-state index is 5.80. The first kappa shape index (κ1) is 12.3. The number of benzene rings is 1. The average Bonchev–Trinajstić information content (AvgIpc) is 2.99. The number of aromatic nitrogens is 2. The number of aryl methyl sites for hydroxylation is 1. The topological polar surface area (TPSA) is 51.8 Å². The van der Waals surface area contributed by atoms with Crippen LogP contribution >= 0.6 is 22.7 Å². The number of anilines is 1. The van der Waals surface area contributed by atoms with Gasteiger partial charge in [0.1, 0.15) is 5.01 Å². The van der Waals surface area contributed by atoms with Crippen molar-refractivity contribution in [2.75, 3.05) is 5.73 Å². The molecule has 19 heavy (non-hydrogen) atoms. The summed E-state index contributed by atoms with van der Waals surface area (Å²) in [5, 5.41) is 6.35. The Labute approximate surface area is 119 Å². The molecule has 3 rings (SSSR count). The van der Waals surface area contributed by atoms with Crippen LogP contribution in [0.3, 0.4) is 0 Å². The summed E-state index contributed by atoms with van der Waals surface area (Å²) in [5.74, 6) is 0. The zero-order chi connectivity index (χ0) is 13.2. The molecule has 2 N–H and O–H groups in total. The molecular weight excluding hydrogens is 274 g/mol. The first-order chi connectivity index (χ1) is 9.20.